The van der Waals surface area contributed by atoms with Crippen LogP contribution in [0, 0.1) is 0 Å². The van der Waals surface area contributed by atoms with Crippen molar-refractivity contribution in [3.63, 3.8) is 0 Å². The maximum Gasteiger partial charge on any atom is 0.343 e. The van der Waals surface area contributed by atoms with Crippen molar-refractivity contribution < 1.29 is 23.8 Å². The maximum absolute atomic E-state index is 11.6. The molecule has 0 aromatic heterocycles. The fourth-order valence-corrected chi connectivity index (χ4v) is 1.17. The van der Waals surface area contributed by atoms with Gasteiger partial charge in [0.05, 0.1) is 13.7 Å². The van der Waals surface area contributed by atoms with Crippen molar-refractivity contribution in [3.05, 3.63) is 29.8 Å². The number of carbonyl (C=O) groups excluding carboxylic acids is 2. The Hall–Kier alpha value is -2.04. The Kier molecular flexibility index (Phi) is 5.00. The highest BCUT2D eigenvalue weighted by atomic mass is 16.6. The highest BCUT2D eigenvalue weighted by Crippen LogP contribution is 2.18. The molecule has 1 rings (SSSR count). The number of hydrogen-bond donors (Lipinski definition) is 0. The Morgan fingerprint density at radius 1 is 1.24 bits per heavy atom. The molecule has 92 valence electrons. The molecule has 0 heterocycles. The van der Waals surface area contributed by atoms with Crippen LogP contribution in [0.25, 0.3) is 0 Å². The molecule has 5 nitrogen and oxygen atoms in total. The van der Waals surface area contributed by atoms with E-state index in [0.29, 0.717) is 11.3 Å². The van der Waals surface area contributed by atoms with Gasteiger partial charge in [-0.1, -0.05) is 12.1 Å². The third-order valence-corrected chi connectivity index (χ3v) is 1.96. The predicted molar refractivity (Wildman–Crippen MR) is 59.9 cm³/mol. The molecule has 0 aliphatic rings. The van der Waals surface area contributed by atoms with Crippen LogP contribution in [0.15, 0.2) is 24.3 Å². The maximum atomic E-state index is 11.6. The number of benzene rings is 1. The second kappa shape index (κ2) is 6.52. The van der Waals surface area contributed by atoms with Crippen LogP contribution in [-0.2, 0) is 14.3 Å². The summed E-state index contributed by atoms with van der Waals surface area (Å²) in [5.74, 6) is -0.687. The first-order valence-corrected chi connectivity index (χ1v) is 5.14. The Labute approximate surface area is 99.3 Å². The zero-order valence-electron chi connectivity index (χ0n) is 9.76. The summed E-state index contributed by atoms with van der Waals surface area (Å²) in [4.78, 5) is 22.5. The number of ether oxygens (including phenoxy) is 3. The van der Waals surface area contributed by atoms with E-state index < -0.39 is 11.9 Å². The molecule has 0 spiro atoms. The van der Waals surface area contributed by atoms with Crippen molar-refractivity contribution in [2.24, 2.45) is 0 Å². The summed E-state index contributed by atoms with van der Waals surface area (Å²) in [6.07, 6.45) is 0. The number of carbonyl (C=O) groups is 2. The van der Waals surface area contributed by atoms with Gasteiger partial charge in [-0.15, -0.1) is 0 Å². The zero-order valence-corrected chi connectivity index (χ0v) is 9.76. The molecule has 0 saturated carbocycles. The van der Waals surface area contributed by atoms with Crippen LogP contribution in [0.1, 0.15) is 17.3 Å². The summed E-state index contributed by atoms with van der Waals surface area (Å²) >= 11 is 0. The minimum atomic E-state index is -0.510. The number of hydrogen-bond acceptors (Lipinski definition) is 5. The lowest BCUT2D eigenvalue weighted by molar-refractivity contribution is -0.142. The quantitative estimate of drug-likeness (QED) is 0.726. The van der Waals surface area contributed by atoms with Crippen molar-refractivity contribution in [1.29, 1.82) is 0 Å². The molecule has 0 fully saturated rings. The molecule has 5 heteroatoms. The van der Waals surface area contributed by atoms with Gasteiger partial charge >= 0.3 is 11.9 Å². The van der Waals surface area contributed by atoms with Gasteiger partial charge in [0.25, 0.3) is 0 Å². The minimum Gasteiger partial charge on any atom is -0.481 e. The molecule has 0 atom stereocenters. The second-order valence-corrected chi connectivity index (χ2v) is 3.08. The molecular formula is C12H14O5. The van der Waals surface area contributed by atoms with E-state index in [0.717, 1.165) is 0 Å². The predicted octanol–water partition coefficient (Wildman–Crippen LogP) is 1.42. The first kappa shape index (κ1) is 13.0. The SMILES string of the molecule is CCOC(=O)c1ccccc1OCC(=O)OC. The lowest BCUT2D eigenvalue weighted by Gasteiger charge is -2.09. The van der Waals surface area contributed by atoms with Crippen molar-refractivity contribution in [2.45, 2.75) is 6.92 Å². The van der Waals surface area contributed by atoms with Crippen molar-refractivity contribution in [1.82, 2.24) is 0 Å². The lowest BCUT2D eigenvalue weighted by Crippen LogP contribution is -2.15. The molecule has 0 N–H and O–H groups in total. The fourth-order valence-electron chi connectivity index (χ4n) is 1.17. The van der Waals surface area contributed by atoms with Crippen LogP contribution in [0.4, 0.5) is 0 Å². The minimum absolute atomic E-state index is 0.243. The van der Waals surface area contributed by atoms with Gasteiger partial charge in [0.15, 0.2) is 6.61 Å². The van der Waals surface area contributed by atoms with Crippen LogP contribution in [0.5, 0.6) is 5.75 Å². The van der Waals surface area contributed by atoms with Crippen molar-refractivity contribution in [3.8, 4) is 5.75 Å². The summed E-state index contributed by atoms with van der Waals surface area (Å²) in [5.41, 5.74) is 0.290. The Morgan fingerprint density at radius 2 is 1.94 bits per heavy atom. The molecule has 1 aromatic rings. The standard InChI is InChI=1S/C12H14O5/c1-3-16-12(14)9-6-4-5-7-10(9)17-8-11(13)15-2/h4-7H,3,8H2,1-2H3. The fraction of sp³-hybridized carbons (Fsp3) is 0.333. The van der Waals surface area contributed by atoms with Crippen LogP contribution in [0.3, 0.4) is 0 Å². The molecule has 17 heavy (non-hydrogen) atoms. The second-order valence-electron chi connectivity index (χ2n) is 3.08. The van der Waals surface area contributed by atoms with Gasteiger partial charge in [-0.3, -0.25) is 0 Å². The van der Waals surface area contributed by atoms with Gasteiger partial charge in [0.1, 0.15) is 11.3 Å². The zero-order chi connectivity index (χ0) is 12.7. The molecule has 0 amide bonds. The number of methoxy groups -OCH3 is 1. The largest absolute Gasteiger partial charge is 0.481 e. The number of rotatable bonds is 5. The van der Waals surface area contributed by atoms with Crippen LogP contribution < -0.4 is 4.74 Å². The van der Waals surface area contributed by atoms with E-state index in [4.69, 9.17) is 9.47 Å². The third-order valence-electron chi connectivity index (χ3n) is 1.96. The average Bonchev–Trinajstić information content (AvgIpc) is 2.36. The molecule has 0 saturated heterocycles. The van der Waals surface area contributed by atoms with E-state index in [1.807, 2.05) is 0 Å². The third kappa shape index (κ3) is 3.79. The van der Waals surface area contributed by atoms with E-state index in [2.05, 4.69) is 4.74 Å². The van der Waals surface area contributed by atoms with Gasteiger partial charge in [-0.25, -0.2) is 9.59 Å². The molecule has 0 aliphatic heterocycles. The lowest BCUT2D eigenvalue weighted by atomic mass is 10.2. The Balaban J connectivity index is 2.77. The summed E-state index contributed by atoms with van der Waals surface area (Å²) in [5, 5.41) is 0. The van der Waals surface area contributed by atoms with Crippen molar-refractivity contribution in [2.75, 3.05) is 20.3 Å². The van der Waals surface area contributed by atoms with E-state index in [9.17, 15) is 9.59 Å². The molecule has 0 bridgehead atoms. The van der Waals surface area contributed by atoms with Crippen LogP contribution in [0.2, 0.25) is 0 Å². The van der Waals surface area contributed by atoms with Crippen LogP contribution in [-0.4, -0.2) is 32.3 Å². The monoisotopic (exact) mass is 238 g/mol. The average molecular weight is 238 g/mol. The highest BCUT2D eigenvalue weighted by molar-refractivity contribution is 5.92. The smallest absolute Gasteiger partial charge is 0.343 e. The number of para-hydroxylation sites is 1. The first-order valence-electron chi connectivity index (χ1n) is 5.14. The molecular weight excluding hydrogens is 224 g/mol. The first-order chi connectivity index (χ1) is 8.19. The summed E-state index contributed by atoms with van der Waals surface area (Å²) < 4.78 is 14.5. The summed E-state index contributed by atoms with van der Waals surface area (Å²) in [7, 11) is 1.27. The van der Waals surface area contributed by atoms with E-state index in [1.54, 1.807) is 31.2 Å². The van der Waals surface area contributed by atoms with Gasteiger partial charge in [0.2, 0.25) is 0 Å². The van der Waals surface area contributed by atoms with E-state index in [1.165, 1.54) is 7.11 Å². The number of esters is 2. The topological polar surface area (TPSA) is 61.8 Å². The molecule has 1 aromatic carbocycles. The van der Waals surface area contributed by atoms with E-state index >= 15 is 0 Å². The molecule has 0 radical (unpaired) electrons. The van der Waals surface area contributed by atoms with E-state index in [-0.39, 0.29) is 13.2 Å². The summed E-state index contributed by atoms with van der Waals surface area (Å²) in [6.45, 7) is 1.76. The van der Waals surface area contributed by atoms with Gasteiger partial charge in [-0.2, -0.15) is 0 Å². The van der Waals surface area contributed by atoms with Crippen molar-refractivity contribution >= 4 is 11.9 Å². The normalized spacial score (nSPS) is 9.53. The Morgan fingerprint density at radius 3 is 2.59 bits per heavy atom. The van der Waals surface area contributed by atoms with Gasteiger partial charge < -0.3 is 14.2 Å². The summed E-state index contributed by atoms with van der Waals surface area (Å²) in [6, 6.07) is 6.56. The van der Waals surface area contributed by atoms with Gasteiger partial charge in [-0.05, 0) is 19.1 Å². The van der Waals surface area contributed by atoms with Gasteiger partial charge in [0, 0.05) is 0 Å². The highest BCUT2D eigenvalue weighted by Gasteiger charge is 2.13. The van der Waals surface area contributed by atoms with Crippen LogP contribution >= 0.6 is 0 Å². The molecule has 0 aliphatic carbocycles. The Bertz CT molecular complexity index is 400. The molecule has 0 unspecified atom stereocenters.